The summed E-state index contributed by atoms with van der Waals surface area (Å²) >= 11 is 12.7. The molecule has 0 aliphatic carbocycles. The van der Waals surface area contributed by atoms with Gasteiger partial charge in [-0.3, -0.25) is 9.69 Å². The SMILES string of the molecule is CCc1cc(C(=O)NCc2cc(Cl)ccc2S(=O)(=O)CC)cc(Cl)c1CN1CCC[C@H](N(C)C(=O)O)C1. The smallest absolute Gasteiger partial charge is 0.407 e. The molecule has 3 rings (SSSR count). The van der Waals surface area contributed by atoms with Crippen LogP contribution in [0.25, 0.3) is 0 Å². The van der Waals surface area contributed by atoms with Gasteiger partial charge in [0, 0.05) is 48.3 Å². The van der Waals surface area contributed by atoms with Crippen molar-refractivity contribution >= 4 is 45.0 Å². The first kappa shape index (κ1) is 29.2. The van der Waals surface area contributed by atoms with Gasteiger partial charge in [-0.2, -0.15) is 0 Å². The predicted octanol–water partition coefficient (Wildman–Crippen LogP) is 4.85. The second-order valence-electron chi connectivity index (χ2n) is 9.21. The maximum atomic E-state index is 13.0. The van der Waals surface area contributed by atoms with Crippen LogP contribution in [0.4, 0.5) is 4.79 Å². The number of aryl methyl sites for hydroxylation is 1. The van der Waals surface area contributed by atoms with E-state index in [9.17, 15) is 23.1 Å². The number of benzene rings is 2. The van der Waals surface area contributed by atoms with Crippen LogP contribution >= 0.6 is 23.2 Å². The van der Waals surface area contributed by atoms with Crippen molar-refractivity contribution in [1.29, 1.82) is 0 Å². The maximum Gasteiger partial charge on any atom is 0.407 e. The number of sulfone groups is 1. The van der Waals surface area contributed by atoms with Crippen LogP contribution in [-0.4, -0.2) is 67.3 Å². The van der Waals surface area contributed by atoms with Gasteiger partial charge in [0.05, 0.1) is 10.6 Å². The molecule has 202 valence electrons. The van der Waals surface area contributed by atoms with Gasteiger partial charge in [0.2, 0.25) is 0 Å². The summed E-state index contributed by atoms with van der Waals surface area (Å²) in [6, 6.07) is 7.88. The number of halogens is 2. The van der Waals surface area contributed by atoms with Crippen LogP contribution in [0.5, 0.6) is 0 Å². The highest BCUT2D eigenvalue weighted by atomic mass is 35.5. The molecule has 0 radical (unpaired) electrons. The van der Waals surface area contributed by atoms with Crippen molar-refractivity contribution in [3.8, 4) is 0 Å². The van der Waals surface area contributed by atoms with E-state index in [2.05, 4.69) is 10.2 Å². The molecule has 2 N–H and O–H groups in total. The van der Waals surface area contributed by atoms with E-state index in [0.29, 0.717) is 40.7 Å². The number of hydrogen-bond donors (Lipinski definition) is 2. The molecule has 1 heterocycles. The van der Waals surface area contributed by atoms with Crippen molar-refractivity contribution in [3.63, 3.8) is 0 Å². The van der Waals surface area contributed by atoms with Gasteiger partial charge in [-0.15, -0.1) is 0 Å². The Balaban J connectivity index is 1.77. The number of likely N-dealkylation sites (N-methyl/N-ethyl adjacent to an activating group) is 1. The van der Waals surface area contributed by atoms with Gasteiger partial charge < -0.3 is 15.3 Å². The van der Waals surface area contributed by atoms with E-state index in [1.807, 2.05) is 13.0 Å². The summed E-state index contributed by atoms with van der Waals surface area (Å²) in [6.45, 7) is 5.58. The number of carboxylic acid groups (broad SMARTS) is 1. The van der Waals surface area contributed by atoms with Gasteiger partial charge in [0.15, 0.2) is 9.84 Å². The van der Waals surface area contributed by atoms with Crippen molar-refractivity contribution in [3.05, 3.63) is 62.6 Å². The summed E-state index contributed by atoms with van der Waals surface area (Å²) in [5.41, 5.74) is 2.66. The maximum absolute atomic E-state index is 13.0. The Morgan fingerprint density at radius 1 is 1.16 bits per heavy atom. The zero-order valence-corrected chi connectivity index (χ0v) is 23.6. The molecule has 1 aliphatic heterocycles. The Morgan fingerprint density at radius 3 is 2.54 bits per heavy atom. The fourth-order valence-corrected chi connectivity index (χ4v) is 6.22. The number of carbonyl (C=O) groups is 2. The zero-order chi connectivity index (χ0) is 27.3. The van der Waals surface area contributed by atoms with Crippen molar-refractivity contribution in [2.75, 3.05) is 25.9 Å². The van der Waals surface area contributed by atoms with Crippen molar-refractivity contribution in [2.45, 2.75) is 57.1 Å². The first-order valence-corrected chi connectivity index (χ1v) is 14.7. The second-order valence-corrected chi connectivity index (χ2v) is 12.3. The molecule has 0 unspecified atom stereocenters. The third kappa shape index (κ3) is 7.16. The van der Waals surface area contributed by atoms with Crippen LogP contribution < -0.4 is 5.32 Å². The molecule has 1 aliphatic rings. The molecule has 0 aromatic heterocycles. The molecule has 1 atom stereocenters. The predicted molar refractivity (Wildman–Crippen MR) is 145 cm³/mol. The van der Waals surface area contributed by atoms with E-state index in [1.54, 1.807) is 26.1 Å². The fourth-order valence-electron chi connectivity index (χ4n) is 4.61. The van der Waals surface area contributed by atoms with E-state index < -0.39 is 15.9 Å². The van der Waals surface area contributed by atoms with Crippen molar-refractivity contribution in [2.24, 2.45) is 0 Å². The van der Waals surface area contributed by atoms with Crippen molar-refractivity contribution in [1.82, 2.24) is 15.1 Å². The van der Waals surface area contributed by atoms with Gasteiger partial charge in [-0.05, 0) is 72.8 Å². The average molecular weight is 571 g/mol. The Hall–Kier alpha value is -2.33. The van der Waals surface area contributed by atoms with E-state index >= 15 is 0 Å². The number of likely N-dealkylation sites (tertiary alicyclic amines) is 1. The molecule has 1 saturated heterocycles. The largest absolute Gasteiger partial charge is 0.465 e. The summed E-state index contributed by atoms with van der Waals surface area (Å²) in [5.74, 6) is -0.430. The standard InChI is InChI=1S/C26H33Cl2N3O5S/c1-4-17-11-18(25(32)29-14-19-12-20(27)8-9-24(19)37(35,36)5-2)13-23(28)22(17)16-31-10-6-7-21(15-31)30(3)26(33)34/h8-9,11-13,21H,4-7,10,14-16H2,1-3H3,(H,29,32)(H,33,34)/t21-/m0/s1. The quantitative estimate of drug-likeness (QED) is 0.446. The molecule has 0 spiro atoms. The average Bonchev–Trinajstić information content (AvgIpc) is 2.87. The molecule has 1 fully saturated rings. The summed E-state index contributed by atoms with van der Waals surface area (Å²) in [5, 5.41) is 13.0. The molecular formula is C26H33Cl2N3O5S. The van der Waals surface area contributed by atoms with Gasteiger partial charge in [0.25, 0.3) is 5.91 Å². The van der Waals surface area contributed by atoms with Crippen LogP contribution in [-0.2, 0) is 29.3 Å². The number of carbonyl (C=O) groups excluding carboxylic acids is 1. The number of piperidine rings is 1. The normalized spacial score (nSPS) is 16.4. The third-order valence-corrected chi connectivity index (χ3v) is 9.22. The number of nitrogens with one attached hydrogen (secondary N) is 1. The van der Waals surface area contributed by atoms with Gasteiger partial charge in [-0.1, -0.05) is 37.0 Å². The van der Waals surface area contributed by atoms with Crippen LogP contribution in [0.15, 0.2) is 35.2 Å². The van der Waals surface area contributed by atoms with E-state index in [0.717, 1.165) is 30.5 Å². The van der Waals surface area contributed by atoms with Gasteiger partial charge in [-0.25, -0.2) is 13.2 Å². The molecule has 2 aromatic carbocycles. The fraction of sp³-hybridized carbons (Fsp3) is 0.462. The highest BCUT2D eigenvalue weighted by molar-refractivity contribution is 7.91. The van der Waals surface area contributed by atoms with Gasteiger partial charge >= 0.3 is 6.09 Å². The van der Waals surface area contributed by atoms with E-state index in [4.69, 9.17) is 23.2 Å². The third-order valence-electron chi connectivity index (χ3n) is 6.82. The Morgan fingerprint density at radius 2 is 1.89 bits per heavy atom. The summed E-state index contributed by atoms with van der Waals surface area (Å²) in [6.07, 6.45) is 1.43. The lowest BCUT2D eigenvalue weighted by atomic mass is 9.98. The second kappa shape index (κ2) is 12.5. The van der Waals surface area contributed by atoms with Crippen LogP contribution in [0, 0.1) is 0 Å². The summed E-state index contributed by atoms with van der Waals surface area (Å²) in [4.78, 5) is 28.1. The molecule has 2 amide bonds. The van der Waals surface area contributed by atoms with E-state index in [1.165, 1.54) is 17.0 Å². The lowest BCUT2D eigenvalue weighted by Crippen LogP contribution is -2.47. The lowest BCUT2D eigenvalue weighted by Gasteiger charge is -2.36. The Kier molecular flexibility index (Phi) is 9.86. The molecule has 0 bridgehead atoms. The number of hydrogen-bond acceptors (Lipinski definition) is 5. The summed E-state index contributed by atoms with van der Waals surface area (Å²) in [7, 11) is -1.89. The monoisotopic (exact) mass is 569 g/mol. The topological polar surface area (TPSA) is 107 Å². The molecular weight excluding hydrogens is 537 g/mol. The first-order valence-electron chi connectivity index (χ1n) is 12.3. The molecule has 37 heavy (non-hydrogen) atoms. The molecule has 2 aromatic rings. The lowest BCUT2D eigenvalue weighted by molar-refractivity contribution is 0.0948. The highest BCUT2D eigenvalue weighted by Crippen LogP contribution is 2.27. The number of amides is 2. The highest BCUT2D eigenvalue weighted by Gasteiger charge is 2.27. The molecule has 11 heteroatoms. The number of rotatable bonds is 9. The summed E-state index contributed by atoms with van der Waals surface area (Å²) < 4.78 is 24.9. The minimum Gasteiger partial charge on any atom is -0.465 e. The molecule has 0 saturated carbocycles. The molecule has 8 nitrogen and oxygen atoms in total. The van der Waals surface area contributed by atoms with Crippen LogP contribution in [0.2, 0.25) is 10.0 Å². The van der Waals surface area contributed by atoms with E-state index in [-0.39, 0.29) is 29.1 Å². The van der Waals surface area contributed by atoms with Crippen LogP contribution in [0.3, 0.4) is 0 Å². The minimum absolute atomic E-state index is 0.00104. The van der Waals surface area contributed by atoms with Crippen molar-refractivity contribution < 1.29 is 23.1 Å². The minimum atomic E-state index is -3.48. The Labute approximate surface area is 228 Å². The number of nitrogens with zero attached hydrogens (tertiary/aromatic N) is 2. The zero-order valence-electron chi connectivity index (χ0n) is 21.3. The first-order chi connectivity index (χ1) is 17.5. The van der Waals surface area contributed by atoms with Crippen LogP contribution in [0.1, 0.15) is 53.7 Å². The Bertz CT molecular complexity index is 1270. The van der Waals surface area contributed by atoms with Gasteiger partial charge in [0.1, 0.15) is 0 Å².